The van der Waals surface area contributed by atoms with Crippen molar-refractivity contribution in [1.82, 2.24) is 4.90 Å². The molecule has 1 fully saturated rings. The van der Waals surface area contributed by atoms with E-state index in [9.17, 15) is 0 Å². The van der Waals surface area contributed by atoms with Crippen LogP contribution in [0.1, 0.15) is 22.6 Å². The lowest BCUT2D eigenvalue weighted by Gasteiger charge is -2.36. The summed E-state index contributed by atoms with van der Waals surface area (Å²) in [5.74, 6) is 0.283. The van der Waals surface area contributed by atoms with E-state index in [0.29, 0.717) is 0 Å². The molecule has 5 rings (SSSR count). The molecule has 0 saturated carbocycles. The van der Waals surface area contributed by atoms with Gasteiger partial charge in [-0.2, -0.15) is 0 Å². The first-order valence-electron chi connectivity index (χ1n) is 10.2. The van der Waals surface area contributed by atoms with Gasteiger partial charge >= 0.3 is 0 Å². The Hall–Kier alpha value is -2.78. The van der Waals surface area contributed by atoms with Crippen molar-refractivity contribution in [2.75, 3.05) is 50.1 Å². The number of benzene rings is 3. The Morgan fingerprint density at radius 3 is 1.75 bits per heavy atom. The van der Waals surface area contributed by atoms with E-state index in [1.807, 2.05) is 0 Å². The molecule has 28 heavy (non-hydrogen) atoms. The van der Waals surface area contributed by atoms with Crippen LogP contribution in [0.3, 0.4) is 0 Å². The molecule has 3 aromatic carbocycles. The lowest BCUT2D eigenvalue weighted by molar-refractivity contribution is 0.313. The standard InChI is InChI=1S/C25H27N3/c1-26-15-17-28(18-16-26)20-13-11-19(12-14-20)25-21-7-3-5-9-23(21)27(2)24-10-6-4-8-22(24)25/h3-14,25H,15-18H2,1-2H3. The van der Waals surface area contributed by atoms with Gasteiger partial charge in [0.15, 0.2) is 0 Å². The van der Waals surface area contributed by atoms with E-state index in [-0.39, 0.29) is 5.92 Å². The predicted octanol–water partition coefficient (Wildman–Crippen LogP) is 4.70. The number of nitrogens with zero attached hydrogens (tertiary/aromatic N) is 3. The summed E-state index contributed by atoms with van der Waals surface area (Å²) in [6.07, 6.45) is 0. The molecule has 3 aromatic rings. The van der Waals surface area contributed by atoms with Gasteiger partial charge in [0, 0.05) is 56.2 Å². The number of hydrogen-bond donors (Lipinski definition) is 0. The zero-order chi connectivity index (χ0) is 19.1. The summed E-state index contributed by atoms with van der Waals surface area (Å²) in [5, 5.41) is 0. The highest BCUT2D eigenvalue weighted by Crippen LogP contribution is 2.47. The van der Waals surface area contributed by atoms with Crippen molar-refractivity contribution in [3.05, 3.63) is 89.5 Å². The molecule has 0 amide bonds. The molecule has 0 aromatic heterocycles. The molecule has 3 heteroatoms. The molecule has 3 nitrogen and oxygen atoms in total. The van der Waals surface area contributed by atoms with Gasteiger partial charge in [-0.25, -0.2) is 0 Å². The summed E-state index contributed by atoms with van der Waals surface area (Å²) in [7, 11) is 4.37. The Labute approximate surface area is 167 Å². The van der Waals surface area contributed by atoms with Gasteiger partial charge in [0.1, 0.15) is 0 Å². The Bertz CT molecular complexity index is 924. The molecule has 0 N–H and O–H groups in total. The quantitative estimate of drug-likeness (QED) is 0.648. The molecule has 2 aliphatic rings. The molecule has 0 atom stereocenters. The lowest BCUT2D eigenvalue weighted by atomic mass is 9.80. The van der Waals surface area contributed by atoms with Gasteiger partial charge in [0.2, 0.25) is 0 Å². The Morgan fingerprint density at radius 2 is 1.18 bits per heavy atom. The molecule has 0 bridgehead atoms. The van der Waals surface area contributed by atoms with E-state index < -0.39 is 0 Å². The van der Waals surface area contributed by atoms with E-state index in [2.05, 4.69) is 102 Å². The minimum Gasteiger partial charge on any atom is -0.369 e. The van der Waals surface area contributed by atoms with E-state index in [0.717, 1.165) is 26.2 Å². The molecule has 1 saturated heterocycles. The van der Waals surface area contributed by atoms with E-state index in [4.69, 9.17) is 0 Å². The summed E-state index contributed by atoms with van der Waals surface area (Å²) in [4.78, 5) is 7.22. The zero-order valence-electron chi connectivity index (χ0n) is 16.7. The number of piperazine rings is 1. The minimum absolute atomic E-state index is 0.283. The van der Waals surface area contributed by atoms with Crippen LogP contribution in [0, 0.1) is 0 Å². The molecular weight excluding hydrogens is 342 g/mol. The Kier molecular flexibility index (Phi) is 4.33. The summed E-state index contributed by atoms with van der Waals surface area (Å²) in [5.41, 5.74) is 8.08. The van der Waals surface area contributed by atoms with Crippen molar-refractivity contribution >= 4 is 17.1 Å². The van der Waals surface area contributed by atoms with Gasteiger partial charge in [-0.1, -0.05) is 48.5 Å². The van der Waals surface area contributed by atoms with Gasteiger partial charge in [0.05, 0.1) is 0 Å². The predicted molar refractivity (Wildman–Crippen MR) is 118 cm³/mol. The fraction of sp³-hybridized carbons (Fsp3) is 0.280. The number of likely N-dealkylation sites (N-methyl/N-ethyl adjacent to an activating group) is 1. The minimum atomic E-state index is 0.283. The molecule has 0 unspecified atom stereocenters. The van der Waals surface area contributed by atoms with Crippen molar-refractivity contribution in [3.8, 4) is 0 Å². The van der Waals surface area contributed by atoms with Crippen molar-refractivity contribution in [1.29, 1.82) is 0 Å². The van der Waals surface area contributed by atoms with Crippen molar-refractivity contribution in [2.24, 2.45) is 0 Å². The highest BCUT2D eigenvalue weighted by atomic mass is 15.2. The van der Waals surface area contributed by atoms with E-state index in [1.54, 1.807) is 0 Å². The topological polar surface area (TPSA) is 9.72 Å². The third kappa shape index (κ3) is 2.87. The second-order valence-corrected chi connectivity index (χ2v) is 7.99. The largest absolute Gasteiger partial charge is 0.369 e. The normalized spacial score (nSPS) is 17.4. The summed E-state index contributed by atoms with van der Waals surface area (Å²) < 4.78 is 0. The monoisotopic (exact) mass is 369 g/mol. The van der Waals surface area contributed by atoms with Crippen LogP contribution in [-0.2, 0) is 0 Å². The molecular formula is C25H27N3. The second kappa shape index (κ2) is 6.99. The molecule has 142 valence electrons. The van der Waals surface area contributed by atoms with Crippen LogP contribution in [0.15, 0.2) is 72.8 Å². The van der Waals surface area contributed by atoms with Crippen LogP contribution in [-0.4, -0.2) is 45.2 Å². The number of anilines is 3. The maximum absolute atomic E-state index is 2.50. The third-order valence-electron chi connectivity index (χ3n) is 6.31. The van der Waals surface area contributed by atoms with Crippen molar-refractivity contribution < 1.29 is 0 Å². The number of para-hydroxylation sites is 2. The summed E-state index contributed by atoms with van der Waals surface area (Å²) in [6, 6.07) is 26.9. The fourth-order valence-corrected chi connectivity index (χ4v) is 4.67. The van der Waals surface area contributed by atoms with Gasteiger partial charge in [-0.05, 0) is 48.0 Å². The first-order valence-corrected chi connectivity index (χ1v) is 10.2. The maximum atomic E-state index is 2.50. The van der Waals surface area contributed by atoms with E-state index >= 15 is 0 Å². The molecule has 2 heterocycles. The van der Waals surface area contributed by atoms with Gasteiger partial charge in [0.25, 0.3) is 0 Å². The van der Waals surface area contributed by atoms with Crippen LogP contribution >= 0.6 is 0 Å². The molecule has 2 aliphatic heterocycles. The molecule has 0 radical (unpaired) electrons. The first kappa shape index (κ1) is 17.3. The summed E-state index contributed by atoms with van der Waals surface area (Å²) >= 11 is 0. The lowest BCUT2D eigenvalue weighted by Crippen LogP contribution is -2.44. The smallest absolute Gasteiger partial charge is 0.0450 e. The van der Waals surface area contributed by atoms with Crippen molar-refractivity contribution in [3.63, 3.8) is 0 Å². The van der Waals surface area contributed by atoms with Crippen LogP contribution in [0.25, 0.3) is 0 Å². The number of rotatable bonds is 2. The number of hydrogen-bond acceptors (Lipinski definition) is 3. The highest BCUT2D eigenvalue weighted by molar-refractivity contribution is 5.77. The third-order valence-corrected chi connectivity index (χ3v) is 6.31. The van der Waals surface area contributed by atoms with Gasteiger partial charge in [-0.3, -0.25) is 0 Å². The Balaban J connectivity index is 1.53. The van der Waals surface area contributed by atoms with Crippen LogP contribution < -0.4 is 9.80 Å². The van der Waals surface area contributed by atoms with Crippen LogP contribution in [0.5, 0.6) is 0 Å². The molecule has 0 spiro atoms. The van der Waals surface area contributed by atoms with E-state index in [1.165, 1.54) is 33.8 Å². The number of fused-ring (bicyclic) bond motifs is 2. The SMILES string of the molecule is CN1CCN(c2ccc(C3c4ccccc4N(C)c4ccccc43)cc2)CC1. The average molecular weight is 370 g/mol. The van der Waals surface area contributed by atoms with Crippen LogP contribution in [0.4, 0.5) is 17.1 Å². The molecule has 0 aliphatic carbocycles. The van der Waals surface area contributed by atoms with Gasteiger partial charge in [-0.15, -0.1) is 0 Å². The zero-order valence-corrected chi connectivity index (χ0v) is 16.7. The van der Waals surface area contributed by atoms with Crippen molar-refractivity contribution in [2.45, 2.75) is 5.92 Å². The maximum Gasteiger partial charge on any atom is 0.0450 e. The second-order valence-electron chi connectivity index (χ2n) is 7.99. The fourth-order valence-electron chi connectivity index (χ4n) is 4.67. The van der Waals surface area contributed by atoms with Crippen LogP contribution in [0.2, 0.25) is 0 Å². The highest BCUT2D eigenvalue weighted by Gasteiger charge is 2.29. The van der Waals surface area contributed by atoms with Gasteiger partial charge < -0.3 is 14.7 Å². The Morgan fingerprint density at radius 1 is 0.643 bits per heavy atom. The first-order chi connectivity index (χ1) is 13.7. The average Bonchev–Trinajstić information content (AvgIpc) is 2.75. The summed E-state index contributed by atoms with van der Waals surface area (Å²) in [6.45, 7) is 4.49.